The van der Waals surface area contributed by atoms with Crippen LogP contribution in [-0.2, 0) is 14.3 Å². The average molecular weight is 420 g/mol. The molecule has 0 N–H and O–H groups in total. The summed E-state index contributed by atoms with van der Waals surface area (Å²) in [6, 6.07) is 18.1. The van der Waals surface area contributed by atoms with Crippen molar-refractivity contribution in [3.63, 3.8) is 0 Å². The van der Waals surface area contributed by atoms with Crippen molar-refractivity contribution in [3.8, 4) is 0 Å². The van der Waals surface area contributed by atoms with E-state index in [2.05, 4.69) is 6.08 Å². The summed E-state index contributed by atoms with van der Waals surface area (Å²) in [5, 5.41) is 0. The number of esters is 1. The van der Waals surface area contributed by atoms with E-state index >= 15 is 0 Å². The van der Waals surface area contributed by atoms with Crippen LogP contribution < -0.4 is 0 Å². The number of amides is 1. The van der Waals surface area contributed by atoms with Gasteiger partial charge in [0.1, 0.15) is 17.7 Å². The molecule has 1 fully saturated rings. The lowest BCUT2D eigenvalue weighted by atomic mass is 9.87. The third-order valence-electron chi connectivity index (χ3n) is 5.70. The Morgan fingerprint density at radius 1 is 0.968 bits per heavy atom. The maximum Gasteiger partial charge on any atom is 0.411 e. The lowest BCUT2D eigenvalue weighted by Crippen LogP contribution is -2.57. The van der Waals surface area contributed by atoms with Crippen LogP contribution in [0.15, 0.2) is 72.8 Å². The van der Waals surface area contributed by atoms with Crippen molar-refractivity contribution >= 4 is 12.1 Å². The molecule has 31 heavy (non-hydrogen) atoms. The van der Waals surface area contributed by atoms with Crippen molar-refractivity contribution in [3.05, 3.63) is 83.9 Å². The summed E-state index contributed by atoms with van der Waals surface area (Å²) in [7, 11) is 0. The molecule has 5 nitrogen and oxygen atoms in total. The molecule has 1 amide bonds. The van der Waals surface area contributed by atoms with Crippen molar-refractivity contribution in [1.82, 2.24) is 4.90 Å². The first-order valence-corrected chi connectivity index (χ1v) is 10.8. The van der Waals surface area contributed by atoms with Crippen LogP contribution in [0.2, 0.25) is 0 Å². The molecule has 0 spiro atoms. The summed E-state index contributed by atoms with van der Waals surface area (Å²) in [5.41, 5.74) is 1.07. The molecule has 0 aromatic heterocycles. The second-order valence-corrected chi connectivity index (χ2v) is 9.13. The minimum atomic E-state index is -0.723. The van der Waals surface area contributed by atoms with Crippen LogP contribution in [0.5, 0.6) is 0 Å². The van der Waals surface area contributed by atoms with Crippen LogP contribution in [0.25, 0.3) is 0 Å². The number of rotatable bonds is 3. The summed E-state index contributed by atoms with van der Waals surface area (Å²) in [4.78, 5) is 28.5. The summed E-state index contributed by atoms with van der Waals surface area (Å²) in [6.07, 6.45) is 4.65. The zero-order valence-electron chi connectivity index (χ0n) is 18.2. The highest BCUT2D eigenvalue weighted by Gasteiger charge is 2.51. The number of nitrogens with zero attached hydrogens (tertiary/aromatic N) is 1. The van der Waals surface area contributed by atoms with Gasteiger partial charge in [-0.1, -0.05) is 72.8 Å². The largest absolute Gasteiger partial charge is 0.453 e. The molecule has 0 bridgehead atoms. The Hall–Kier alpha value is -3.08. The predicted octanol–water partition coefficient (Wildman–Crippen LogP) is 5.60. The maximum atomic E-state index is 13.6. The fourth-order valence-corrected chi connectivity index (χ4v) is 4.41. The van der Waals surface area contributed by atoms with Crippen molar-refractivity contribution < 1.29 is 19.1 Å². The molecule has 1 heterocycles. The van der Waals surface area contributed by atoms with Gasteiger partial charge in [0.05, 0.1) is 0 Å². The molecular weight excluding hydrogens is 390 g/mol. The first-order chi connectivity index (χ1) is 14.8. The van der Waals surface area contributed by atoms with Gasteiger partial charge in [-0.05, 0) is 44.7 Å². The number of ether oxygens (including phenoxy) is 2. The number of hydrogen-bond donors (Lipinski definition) is 0. The number of cyclic esters (lactones) is 1. The zero-order valence-corrected chi connectivity index (χ0v) is 18.2. The monoisotopic (exact) mass is 419 g/mol. The van der Waals surface area contributed by atoms with E-state index in [-0.39, 0.29) is 11.9 Å². The Labute approximate surface area is 183 Å². The summed E-state index contributed by atoms with van der Waals surface area (Å²) < 4.78 is 11.9. The Morgan fingerprint density at radius 2 is 1.58 bits per heavy atom. The molecule has 1 aliphatic carbocycles. The summed E-state index contributed by atoms with van der Waals surface area (Å²) in [5.74, 6) is -0.480. The molecule has 4 atom stereocenters. The first-order valence-electron chi connectivity index (χ1n) is 10.8. The van der Waals surface area contributed by atoms with Gasteiger partial charge in [-0.15, -0.1) is 0 Å². The quantitative estimate of drug-likeness (QED) is 0.480. The number of carbonyl (C=O) groups excluding carboxylic acids is 2. The van der Waals surface area contributed by atoms with E-state index < -0.39 is 29.9 Å². The second kappa shape index (κ2) is 8.58. The van der Waals surface area contributed by atoms with Crippen molar-refractivity contribution in [1.29, 1.82) is 0 Å². The fraction of sp³-hybridized carbons (Fsp3) is 0.385. The van der Waals surface area contributed by atoms with E-state index in [1.165, 1.54) is 0 Å². The molecule has 2 aromatic carbocycles. The maximum absolute atomic E-state index is 13.6. The number of hydrogen-bond acceptors (Lipinski definition) is 4. The highest BCUT2D eigenvalue weighted by molar-refractivity contribution is 5.84. The number of morpholine rings is 1. The van der Waals surface area contributed by atoms with Crippen LogP contribution in [0.1, 0.15) is 56.9 Å². The van der Waals surface area contributed by atoms with Gasteiger partial charge in [-0.25, -0.2) is 9.59 Å². The molecule has 4 rings (SSSR count). The van der Waals surface area contributed by atoms with Gasteiger partial charge in [0, 0.05) is 5.92 Å². The smallest absolute Gasteiger partial charge is 0.411 e. The molecule has 2 aliphatic rings. The van der Waals surface area contributed by atoms with Crippen LogP contribution >= 0.6 is 0 Å². The Kier molecular flexibility index (Phi) is 5.86. The predicted molar refractivity (Wildman–Crippen MR) is 118 cm³/mol. The Balaban J connectivity index is 1.84. The summed E-state index contributed by atoms with van der Waals surface area (Å²) >= 11 is 0. The van der Waals surface area contributed by atoms with E-state index in [4.69, 9.17) is 9.47 Å². The SMILES string of the molecule is CC(C)(C)OC(=O)N1[C@@H](C2C=CCC2)C(=O)O[C@H](c2ccccc2)[C@@H]1c1ccccc1. The van der Waals surface area contributed by atoms with Crippen LogP contribution in [0.4, 0.5) is 4.79 Å². The number of benzene rings is 2. The average Bonchev–Trinajstić information content (AvgIpc) is 3.27. The fourth-order valence-electron chi connectivity index (χ4n) is 4.41. The van der Waals surface area contributed by atoms with Crippen molar-refractivity contribution in [2.24, 2.45) is 5.92 Å². The van der Waals surface area contributed by atoms with Crippen LogP contribution in [0, 0.1) is 5.92 Å². The molecule has 5 heteroatoms. The highest BCUT2D eigenvalue weighted by atomic mass is 16.6. The van der Waals surface area contributed by atoms with E-state index in [0.717, 1.165) is 24.0 Å². The molecule has 0 radical (unpaired) electrons. The standard InChI is InChI=1S/C26H29NO4/c1-26(2,3)31-25(29)27-21(18-12-6-4-7-13-18)23(20-16-8-5-9-17-20)30-24(28)22(27)19-14-10-11-15-19/h4-10,12-14,16-17,19,21-23H,11,15H2,1-3H3/t19?,21-,22-,23+/m0/s1. The Bertz CT molecular complexity index is 948. The number of allylic oxidation sites excluding steroid dienone is 1. The van der Waals surface area contributed by atoms with Crippen LogP contribution in [-0.4, -0.2) is 28.6 Å². The van der Waals surface area contributed by atoms with E-state index in [1.54, 1.807) is 4.90 Å². The Morgan fingerprint density at radius 3 is 2.13 bits per heavy atom. The van der Waals surface area contributed by atoms with Gasteiger partial charge in [0.2, 0.25) is 0 Å². The van der Waals surface area contributed by atoms with Gasteiger partial charge in [0.25, 0.3) is 0 Å². The molecule has 1 aliphatic heterocycles. The van der Waals surface area contributed by atoms with Crippen LogP contribution in [0.3, 0.4) is 0 Å². The lowest BCUT2D eigenvalue weighted by molar-refractivity contribution is -0.176. The third kappa shape index (κ3) is 4.50. The highest BCUT2D eigenvalue weighted by Crippen LogP contribution is 2.45. The topological polar surface area (TPSA) is 55.8 Å². The molecule has 162 valence electrons. The van der Waals surface area contributed by atoms with Gasteiger partial charge < -0.3 is 9.47 Å². The van der Waals surface area contributed by atoms with Crippen molar-refractivity contribution in [2.45, 2.75) is 57.4 Å². The summed E-state index contributed by atoms with van der Waals surface area (Å²) in [6.45, 7) is 5.51. The van der Waals surface area contributed by atoms with Gasteiger partial charge >= 0.3 is 12.1 Å². The molecule has 0 saturated carbocycles. The van der Waals surface area contributed by atoms with E-state index in [1.807, 2.05) is 87.5 Å². The van der Waals surface area contributed by atoms with Crippen molar-refractivity contribution in [2.75, 3.05) is 0 Å². The lowest BCUT2D eigenvalue weighted by Gasteiger charge is -2.46. The normalized spacial score (nSPS) is 25.9. The molecule has 2 aromatic rings. The molecular formula is C26H29NO4. The minimum absolute atomic E-state index is 0.0945. The van der Waals surface area contributed by atoms with E-state index in [0.29, 0.717) is 0 Å². The first kappa shape index (κ1) is 21.2. The third-order valence-corrected chi connectivity index (χ3v) is 5.70. The minimum Gasteiger partial charge on any atom is -0.453 e. The second-order valence-electron chi connectivity index (χ2n) is 9.13. The van der Waals surface area contributed by atoms with E-state index in [9.17, 15) is 9.59 Å². The van der Waals surface area contributed by atoms with Gasteiger partial charge in [-0.2, -0.15) is 0 Å². The van der Waals surface area contributed by atoms with Gasteiger partial charge in [-0.3, -0.25) is 4.90 Å². The molecule has 1 unspecified atom stereocenters. The van der Waals surface area contributed by atoms with Gasteiger partial charge in [0.15, 0.2) is 6.10 Å². The zero-order chi connectivity index (χ0) is 22.0. The molecule has 1 saturated heterocycles. The number of carbonyl (C=O) groups is 2.